The Morgan fingerprint density at radius 2 is 2.33 bits per heavy atom. The van der Waals surface area contributed by atoms with Crippen molar-refractivity contribution in [2.45, 2.75) is 19.4 Å². The first kappa shape index (κ1) is 10.5. The first-order valence-corrected chi connectivity index (χ1v) is 5.43. The number of rotatable bonds is 2. The van der Waals surface area contributed by atoms with Gasteiger partial charge in [-0.15, -0.1) is 0 Å². The molecule has 1 heterocycles. The van der Waals surface area contributed by atoms with E-state index in [0.29, 0.717) is 6.04 Å². The van der Waals surface area contributed by atoms with Crippen LogP contribution in [-0.2, 0) is 6.42 Å². The lowest BCUT2D eigenvalue weighted by atomic mass is 9.99. The first-order valence-electron chi connectivity index (χ1n) is 5.43. The molecule has 1 fully saturated rings. The van der Waals surface area contributed by atoms with Crippen molar-refractivity contribution in [1.82, 2.24) is 10.2 Å². The lowest BCUT2D eigenvalue weighted by Gasteiger charge is -2.20. The number of nitrogens with two attached hydrogens (primary N) is 1. The zero-order valence-electron chi connectivity index (χ0n) is 9.46. The van der Waals surface area contributed by atoms with Crippen molar-refractivity contribution in [2.75, 3.05) is 26.0 Å². The summed E-state index contributed by atoms with van der Waals surface area (Å²) in [6, 6.07) is 6.72. The summed E-state index contributed by atoms with van der Waals surface area (Å²) in [5.74, 6) is 0. The zero-order chi connectivity index (χ0) is 10.8. The van der Waals surface area contributed by atoms with Crippen LogP contribution in [0.5, 0.6) is 0 Å². The summed E-state index contributed by atoms with van der Waals surface area (Å²) in [6.45, 7) is 4.18. The van der Waals surface area contributed by atoms with Gasteiger partial charge in [0.15, 0.2) is 0 Å². The molecule has 15 heavy (non-hydrogen) atoms. The van der Waals surface area contributed by atoms with Crippen LogP contribution < -0.4 is 11.1 Å². The highest BCUT2D eigenvalue weighted by atomic mass is 15.3. The smallest absolute Gasteiger partial charge is 0.0481 e. The van der Waals surface area contributed by atoms with Crippen molar-refractivity contribution in [2.24, 2.45) is 0 Å². The Balaban J connectivity index is 2.16. The maximum absolute atomic E-state index is 6.01. The maximum Gasteiger partial charge on any atom is 0.0481 e. The number of hydrogen-bond donors (Lipinski definition) is 2. The quantitative estimate of drug-likeness (QED) is 0.707. The van der Waals surface area contributed by atoms with Crippen LogP contribution in [0.15, 0.2) is 18.2 Å². The molecule has 1 aliphatic rings. The van der Waals surface area contributed by atoms with Gasteiger partial charge in [0.05, 0.1) is 0 Å². The van der Waals surface area contributed by atoms with E-state index in [-0.39, 0.29) is 0 Å². The summed E-state index contributed by atoms with van der Waals surface area (Å²) in [7, 11) is 2.15. The molecule has 1 aromatic carbocycles. The Morgan fingerprint density at radius 1 is 1.53 bits per heavy atom. The van der Waals surface area contributed by atoms with Gasteiger partial charge in [-0.05, 0) is 37.6 Å². The molecule has 0 aromatic heterocycles. The fraction of sp³-hybridized carbons (Fsp3) is 0.500. The predicted molar refractivity (Wildman–Crippen MR) is 63.7 cm³/mol. The molecule has 0 amide bonds. The SMILES string of the molecule is Cc1cccc(N)c1CC1CNCN1C. The van der Waals surface area contributed by atoms with E-state index in [1.54, 1.807) is 0 Å². The number of aryl methyl sites for hydroxylation is 1. The highest BCUT2D eigenvalue weighted by molar-refractivity contribution is 5.51. The van der Waals surface area contributed by atoms with Gasteiger partial charge in [-0.1, -0.05) is 12.1 Å². The van der Waals surface area contributed by atoms with E-state index in [9.17, 15) is 0 Å². The molecular formula is C12H19N3. The summed E-state index contributed by atoms with van der Waals surface area (Å²) >= 11 is 0. The third kappa shape index (κ3) is 2.13. The van der Waals surface area contributed by atoms with E-state index in [0.717, 1.165) is 25.3 Å². The minimum atomic E-state index is 0.577. The maximum atomic E-state index is 6.01. The minimum Gasteiger partial charge on any atom is -0.398 e. The topological polar surface area (TPSA) is 41.3 Å². The Morgan fingerprint density at radius 3 is 2.93 bits per heavy atom. The van der Waals surface area contributed by atoms with Crippen molar-refractivity contribution >= 4 is 5.69 Å². The number of hydrogen-bond acceptors (Lipinski definition) is 3. The molecule has 1 aliphatic heterocycles. The summed E-state index contributed by atoms with van der Waals surface area (Å²) in [6.07, 6.45) is 1.04. The molecule has 1 atom stereocenters. The van der Waals surface area contributed by atoms with E-state index in [1.807, 2.05) is 12.1 Å². The van der Waals surface area contributed by atoms with Gasteiger partial charge in [0.1, 0.15) is 0 Å². The van der Waals surface area contributed by atoms with Crippen LogP contribution in [0.4, 0.5) is 5.69 Å². The van der Waals surface area contributed by atoms with Crippen molar-refractivity contribution in [3.8, 4) is 0 Å². The van der Waals surface area contributed by atoms with Crippen molar-refractivity contribution < 1.29 is 0 Å². The molecule has 0 saturated carbocycles. The Labute approximate surface area is 91.3 Å². The van der Waals surface area contributed by atoms with Gasteiger partial charge in [-0.3, -0.25) is 4.90 Å². The molecule has 3 nitrogen and oxygen atoms in total. The molecule has 1 saturated heterocycles. The van der Waals surface area contributed by atoms with E-state index in [4.69, 9.17) is 5.73 Å². The summed E-state index contributed by atoms with van der Waals surface area (Å²) in [5.41, 5.74) is 9.54. The molecule has 2 rings (SSSR count). The molecule has 0 bridgehead atoms. The number of likely N-dealkylation sites (N-methyl/N-ethyl adjacent to an activating group) is 1. The fourth-order valence-corrected chi connectivity index (χ4v) is 2.16. The number of nitrogens with zero attached hydrogens (tertiary/aromatic N) is 1. The second-order valence-electron chi connectivity index (χ2n) is 4.37. The molecular weight excluding hydrogens is 186 g/mol. The van der Waals surface area contributed by atoms with Gasteiger partial charge in [-0.25, -0.2) is 0 Å². The standard InChI is InChI=1S/C12H19N3/c1-9-4-3-5-12(13)11(9)6-10-7-14-8-15(10)2/h3-5,10,14H,6-8,13H2,1-2H3. The average Bonchev–Trinajstić information content (AvgIpc) is 2.58. The summed E-state index contributed by atoms with van der Waals surface area (Å²) in [4.78, 5) is 2.34. The lowest BCUT2D eigenvalue weighted by molar-refractivity contribution is 0.315. The highest BCUT2D eigenvalue weighted by Crippen LogP contribution is 2.20. The van der Waals surface area contributed by atoms with Gasteiger partial charge in [0.25, 0.3) is 0 Å². The molecule has 1 aromatic rings. The molecule has 3 heteroatoms. The second kappa shape index (κ2) is 4.21. The Hall–Kier alpha value is -1.06. The van der Waals surface area contributed by atoms with Gasteiger partial charge in [0, 0.05) is 24.9 Å². The lowest BCUT2D eigenvalue weighted by Crippen LogP contribution is -2.29. The van der Waals surface area contributed by atoms with Crippen molar-refractivity contribution in [1.29, 1.82) is 0 Å². The largest absolute Gasteiger partial charge is 0.398 e. The molecule has 3 N–H and O–H groups in total. The second-order valence-corrected chi connectivity index (χ2v) is 4.37. The van der Waals surface area contributed by atoms with Crippen LogP contribution >= 0.6 is 0 Å². The molecule has 0 spiro atoms. The van der Waals surface area contributed by atoms with Crippen molar-refractivity contribution in [3.63, 3.8) is 0 Å². The third-order valence-electron chi connectivity index (χ3n) is 3.25. The summed E-state index contributed by atoms with van der Waals surface area (Å²) < 4.78 is 0. The van der Waals surface area contributed by atoms with Crippen LogP contribution in [0, 0.1) is 6.92 Å². The normalized spacial score (nSPS) is 22.1. The molecule has 0 radical (unpaired) electrons. The van der Waals surface area contributed by atoms with Crippen molar-refractivity contribution in [3.05, 3.63) is 29.3 Å². The van der Waals surface area contributed by atoms with E-state index in [2.05, 4.69) is 30.3 Å². The third-order valence-corrected chi connectivity index (χ3v) is 3.25. The van der Waals surface area contributed by atoms with Crippen LogP contribution in [0.25, 0.3) is 0 Å². The number of anilines is 1. The number of nitrogens with one attached hydrogen (secondary N) is 1. The van der Waals surface area contributed by atoms with Gasteiger partial charge in [0.2, 0.25) is 0 Å². The predicted octanol–water partition coefficient (Wildman–Crippen LogP) is 0.981. The summed E-state index contributed by atoms with van der Waals surface area (Å²) in [5, 5.41) is 3.37. The van der Waals surface area contributed by atoms with Crippen LogP contribution in [0.3, 0.4) is 0 Å². The molecule has 82 valence electrons. The fourth-order valence-electron chi connectivity index (χ4n) is 2.16. The Kier molecular flexibility index (Phi) is 2.93. The number of nitrogen functional groups attached to an aromatic ring is 1. The number of benzene rings is 1. The highest BCUT2D eigenvalue weighted by Gasteiger charge is 2.21. The van der Waals surface area contributed by atoms with Gasteiger partial charge in [-0.2, -0.15) is 0 Å². The van der Waals surface area contributed by atoms with E-state index < -0.39 is 0 Å². The van der Waals surface area contributed by atoms with Gasteiger partial charge < -0.3 is 11.1 Å². The van der Waals surface area contributed by atoms with Gasteiger partial charge >= 0.3 is 0 Å². The average molecular weight is 205 g/mol. The first-order chi connectivity index (χ1) is 7.18. The molecule has 0 aliphatic carbocycles. The van der Waals surface area contributed by atoms with E-state index in [1.165, 1.54) is 11.1 Å². The monoisotopic (exact) mass is 205 g/mol. The minimum absolute atomic E-state index is 0.577. The van der Waals surface area contributed by atoms with Crippen LogP contribution in [0.2, 0.25) is 0 Å². The zero-order valence-corrected chi connectivity index (χ0v) is 9.46. The van der Waals surface area contributed by atoms with Crippen LogP contribution in [-0.4, -0.2) is 31.2 Å². The molecule has 1 unspecified atom stereocenters. The van der Waals surface area contributed by atoms with E-state index >= 15 is 0 Å². The Bertz CT molecular complexity index is 328. The van der Waals surface area contributed by atoms with Crippen LogP contribution in [0.1, 0.15) is 11.1 Å².